The molecule has 0 aliphatic heterocycles. The maximum atomic E-state index is 13.2. The van der Waals surface area contributed by atoms with Crippen LogP contribution in [0.4, 0.5) is 4.39 Å². The Balaban J connectivity index is 0.00000676. The number of benzene rings is 1. The Morgan fingerprint density at radius 3 is 2.63 bits per heavy atom. The third kappa shape index (κ3) is 12.8. The van der Waals surface area contributed by atoms with Gasteiger partial charge in [-0.1, -0.05) is 13.0 Å². The van der Waals surface area contributed by atoms with Crippen molar-refractivity contribution in [1.82, 2.24) is 10.6 Å². The number of ether oxygens (including phenoxy) is 2. The summed E-state index contributed by atoms with van der Waals surface area (Å²) in [6.45, 7) is 3.52. The standard InChI is InChI=1S/C17H28FN3O4S.HI/c1-4-15(25-16-7-5-6-14(18)12-16)13-21-17(19-2)20-8-9-24-10-11-26(3,22)23;/h5-7,12,15H,4,8-11,13H2,1-3H3,(H2,19,20,21);1H. The van der Waals surface area contributed by atoms with Gasteiger partial charge in [0, 0.05) is 25.9 Å². The van der Waals surface area contributed by atoms with E-state index in [2.05, 4.69) is 15.6 Å². The van der Waals surface area contributed by atoms with Crippen LogP contribution in [0.15, 0.2) is 29.3 Å². The van der Waals surface area contributed by atoms with E-state index in [-0.39, 0.29) is 48.3 Å². The zero-order chi connectivity index (χ0) is 19.4. The molecule has 0 aliphatic rings. The maximum Gasteiger partial charge on any atom is 0.191 e. The number of aliphatic imine (C=N–C) groups is 1. The highest BCUT2D eigenvalue weighted by molar-refractivity contribution is 14.0. The van der Waals surface area contributed by atoms with Crippen molar-refractivity contribution < 1.29 is 22.3 Å². The highest BCUT2D eigenvalue weighted by Gasteiger charge is 2.10. The quantitative estimate of drug-likeness (QED) is 0.202. The molecule has 2 N–H and O–H groups in total. The van der Waals surface area contributed by atoms with Gasteiger partial charge in [-0.2, -0.15) is 0 Å². The molecule has 1 atom stereocenters. The number of hydrogen-bond acceptors (Lipinski definition) is 5. The third-order valence-corrected chi connectivity index (χ3v) is 4.32. The van der Waals surface area contributed by atoms with Gasteiger partial charge in [-0.3, -0.25) is 4.99 Å². The van der Waals surface area contributed by atoms with E-state index in [0.29, 0.717) is 31.4 Å². The molecule has 7 nitrogen and oxygen atoms in total. The van der Waals surface area contributed by atoms with Crippen LogP contribution in [0, 0.1) is 5.82 Å². The summed E-state index contributed by atoms with van der Waals surface area (Å²) in [5.74, 6) is 0.743. The van der Waals surface area contributed by atoms with Crippen LogP contribution in [-0.2, 0) is 14.6 Å². The van der Waals surface area contributed by atoms with Gasteiger partial charge in [-0.25, -0.2) is 12.8 Å². The van der Waals surface area contributed by atoms with Crippen molar-refractivity contribution in [2.24, 2.45) is 4.99 Å². The lowest BCUT2D eigenvalue weighted by molar-refractivity contribution is 0.153. The summed E-state index contributed by atoms with van der Waals surface area (Å²) in [4.78, 5) is 4.10. The van der Waals surface area contributed by atoms with Crippen LogP contribution in [0.3, 0.4) is 0 Å². The van der Waals surface area contributed by atoms with Crippen LogP contribution in [-0.4, -0.2) is 65.8 Å². The molecule has 1 rings (SSSR count). The summed E-state index contributed by atoms with van der Waals surface area (Å²) in [6.07, 6.45) is 1.78. The van der Waals surface area contributed by atoms with Gasteiger partial charge in [0.25, 0.3) is 0 Å². The predicted molar refractivity (Wildman–Crippen MR) is 116 cm³/mol. The van der Waals surface area contributed by atoms with Gasteiger partial charge >= 0.3 is 0 Å². The monoisotopic (exact) mass is 517 g/mol. The van der Waals surface area contributed by atoms with Gasteiger partial charge in [0.2, 0.25) is 0 Å². The molecule has 0 saturated heterocycles. The van der Waals surface area contributed by atoms with Crippen molar-refractivity contribution in [3.05, 3.63) is 30.1 Å². The molecule has 10 heteroatoms. The first-order chi connectivity index (χ1) is 12.3. The molecule has 0 amide bonds. The van der Waals surface area contributed by atoms with Crippen molar-refractivity contribution in [1.29, 1.82) is 0 Å². The average Bonchev–Trinajstić information content (AvgIpc) is 2.58. The maximum absolute atomic E-state index is 13.2. The second kappa shape index (κ2) is 13.9. The largest absolute Gasteiger partial charge is 0.489 e. The van der Waals surface area contributed by atoms with E-state index in [1.54, 1.807) is 19.2 Å². The fraction of sp³-hybridized carbons (Fsp3) is 0.588. The Morgan fingerprint density at radius 1 is 1.30 bits per heavy atom. The molecular weight excluding hydrogens is 488 g/mol. The molecule has 0 aliphatic carbocycles. The Morgan fingerprint density at radius 2 is 2.04 bits per heavy atom. The summed E-state index contributed by atoms with van der Waals surface area (Å²) < 4.78 is 46.2. The van der Waals surface area contributed by atoms with Crippen molar-refractivity contribution >= 4 is 39.8 Å². The molecule has 0 fully saturated rings. The molecule has 1 aromatic carbocycles. The molecule has 1 aromatic rings. The molecule has 0 aromatic heterocycles. The van der Waals surface area contributed by atoms with Gasteiger partial charge in [0.05, 0.1) is 25.5 Å². The van der Waals surface area contributed by atoms with Crippen LogP contribution < -0.4 is 15.4 Å². The molecule has 0 bridgehead atoms. The molecule has 156 valence electrons. The highest BCUT2D eigenvalue weighted by Crippen LogP contribution is 2.14. The number of halogens is 2. The highest BCUT2D eigenvalue weighted by atomic mass is 127. The number of nitrogens with zero attached hydrogens (tertiary/aromatic N) is 1. The summed E-state index contributed by atoms with van der Waals surface area (Å²) in [5, 5.41) is 6.21. The zero-order valence-electron chi connectivity index (χ0n) is 15.9. The van der Waals surface area contributed by atoms with Gasteiger partial charge in [0.15, 0.2) is 5.96 Å². The van der Waals surface area contributed by atoms with E-state index in [0.717, 1.165) is 6.42 Å². The number of hydrogen-bond donors (Lipinski definition) is 2. The topological polar surface area (TPSA) is 89.0 Å². The first-order valence-corrected chi connectivity index (χ1v) is 10.5. The molecular formula is C17H29FIN3O4S. The Kier molecular flexibility index (Phi) is 13.4. The lowest BCUT2D eigenvalue weighted by Crippen LogP contribution is -2.43. The lowest BCUT2D eigenvalue weighted by atomic mass is 10.2. The fourth-order valence-electron chi connectivity index (χ4n) is 1.99. The minimum atomic E-state index is -3.00. The number of nitrogens with one attached hydrogen (secondary N) is 2. The number of rotatable bonds is 11. The molecule has 1 unspecified atom stereocenters. The Bertz CT molecular complexity index is 674. The molecule has 0 radical (unpaired) electrons. The number of sulfone groups is 1. The first kappa shape index (κ1) is 25.9. The minimum Gasteiger partial charge on any atom is -0.489 e. The number of guanidine groups is 1. The minimum absolute atomic E-state index is 0. The van der Waals surface area contributed by atoms with Gasteiger partial charge in [-0.15, -0.1) is 24.0 Å². The second-order valence-corrected chi connectivity index (χ2v) is 7.99. The van der Waals surface area contributed by atoms with Crippen molar-refractivity contribution in [3.63, 3.8) is 0 Å². The van der Waals surface area contributed by atoms with Crippen LogP contribution in [0.25, 0.3) is 0 Å². The zero-order valence-corrected chi connectivity index (χ0v) is 19.1. The third-order valence-electron chi connectivity index (χ3n) is 3.41. The first-order valence-electron chi connectivity index (χ1n) is 8.46. The summed E-state index contributed by atoms with van der Waals surface area (Å²) >= 11 is 0. The fourth-order valence-corrected chi connectivity index (χ4v) is 2.41. The summed E-state index contributed by atoms with van der Waals surface area (Å²) in [6, 6.07) is 6.04. The molecule has 0 saturated carbocycles. The van der Waals surface area contributed by atoms with Crippen molar-refractivity contribution in [3.8, 4) is 5.75 Å². The second-order valence-electron chi connectivity index (χ2n) is 5.73. The smallest absolute Gasteiger partial charge is 0.191 e. The van der Waals surface area contributed by atoms with E-state index in [1.165, 1.54) is 18.4 Å². The summed E-state index contributed by atoms with van der Waals surface area (Å²) in [7, 11) is -1.35. The SMILES string of the molecule is CCC(CNC(=NC)NCCOCCS(C)(=O)=O)Oc1cccc(F)c1.I. The van der Waals surface area contributed by atoms with E-state index in [9.17, 15) is 12.8 Å². The van der Waals surface area contributed by atoms with Crippen LogP contribution >= 0.6 is 24.0 Å². The predicted octanol–water partition coefficient (Wildman–Crippen LogP) is 1.83. The van der Waals surface area contributed by atoms with E-state index in [1.807, 2.05) is 6.92 Å². The van der Waals surface area contributed by atoms with E-state index >= 15 is 0 Å². The van der Waals surface area contributed by atoms with Gasteiger partial charge < -0.3 is 20.1 Å². The Labute approximate surface area is 178 Å². The van der Waals surface area contributed by atoms with Crippen LogP contribution in [0.1, 0.15) is 13.3 Å². The molecule has 27 heavy (non-hydrogen) atoms. The van der Waals surface area contributed by atoms with Gasteiger partial charge in [-0.05, 0) is 18.6 Å². The van der Waals surface area contributed by atoms with E-state index in [4.69, 9.17) is 9.47 Å². The van der Waals surface area contributed by atoms with Crippen molar-refractivity contribution in [2.75, 3.05) is 45.4 Å². The lowest BCUT2D eigenvalue weighted by Gasteiger charge is -2.20. The Hall–Kier alpha value is -1.14. The molecule has 0 spiro atoms. The van der Waals surface area contributed by atoms with Gasteiger partial charge in [0.1, 0.15) is 27.5 Å². The molecule has 0 heterocycles. The van der Waals surface area contributed by atoms with Crippen LogP contribution in [0.5, 0.6) is 5.75 Å². The van der Waals surface area contributed by atoms with Crippen LogP contribution in [0.2, 0.25) is 0 Å². The van der Waals surface area contributed by atoms with Crippen molar-refractivity contribution in [2.45, 2.75) is 19.4 Å². The average molecular weight is 517 g/mol. The van der Waals surface area contributed by atoms with E-state index < -0.39 is 9.84 Å². The normalized spacial score (nSPS) is 12.8. The summed E-state index contributed by atoms with van der Waals surface area (Å²) in [5.41, 5.74) is 0.